The number of hydrogen-bond donors (Lipinski definition) is 0. The van der Waals surface area contributed by atoms with E-state index in [1.54, 1.807) is 0 Å². The summed E-state index contributed by atoms with van der Waals surface area (Å²) in [6, 6.07) is 54.6. The second-order valence-electron chi connectivity index (χ2n) is 12.2. The van der Waals surface area contributed by atoms with Crippen LogP contribution in [0.4, 0.5) is 0 Å². The van der Waals surface area contributed by atoms with Crippen LogP contribution in [-0.4, -0.2) is 4.57 Å². The van der Waals surface area contributed by atoms with Gasteiger partial charge in [-0.25, -0.2) is 0 Å². The van der Waals surface area contributed by atoms with E-state index in [1.165, 1.54) is 87.0 Å². The van der Waals surface area contributed by atoms with Gasteiger partial charge in [0.15, 0.2) is 0 Å². The van der Waals surface area contributed by atoms with Crippen molar-refractivity contribution in [2.45, 2.75) is 22.1 Å². The molecule has 44 heavy (non-hydrogen) atoms. The van der Waals surface area contributed by atoms with Crippen molar-refractivity contribution in [3.05, 3.63) is 173 Å². The van der Waals surface area contributed by atoms with Crippen LogP contribution >= 0.6 is 11.8 Å². The van der Waals surface area contributed by atoms with Gasteiger partial charge in [-0.15, -0.1) is 0 Å². The Bertz CT molecular complexity index is 2430. The molecule has 7 aromatic carbocycles. The Morgan fingerprint density at radius 2 is 1.16 bits per heavy atom. The fourth-order valence-corrected chi connectivity index (χ4v) is 9.31. The van der Waals surface area contributed by atoms with Gasteiger partial charge in [-0.3, -0.25) is 0 Å². The molecular formula is C42H27NS. The molecule has 2 heterocycles. The molecule has 0 bridgehead atoms. The Kier molecular flexibility index (Phi) is 4.85. The van der Waals surface area contributed by atoms with Gasteiger partial charge in [0.2, 0.25) is 0 Å². The third-order valence-electron chi connectivity index (χ3n) is 9.92. The summed E-state index contributed by atoms with van der Waals surface area (Å²) in [6.45, 7) is 2.16. The van der Waals surface area contributed by atoms with E-state index in [4.69, 9.17) is 0 Å². The first kappa shape index (κ1) is 24.4. The van der Waals surface area contributed by atoms with Crippen LogP contribution in [0.2, 0.25) is 0 Å². The molecule has 0 atom stereocenters. The Balaban J connectivity index is 1.42. The van der Waals surface area contributed by atoms with Gasteiger partial charge in [0.05, 0.1) is 16.4 Å². The molecule has 206 valence electrons. The first-order chi connectivity index (χ1) is 21.7. The normalized spacial score (nSPS) is 14.1. The number of fused-ring (bicyclic) bond motifs is 14. The molecule has 1 aromatic heterocycles. The van der Waals surface area contributed by atoms with Gasteiger partial charge in [-0.2, -0.15) is 0 Å². The standard InChI is InChI=1S/C42H27NS/c1-26-18-21-28(22-19-26)43-37-23-20-27-10-2-3-11-29(27)41(37)32-24-36-40(25-38(32)43)44-39-17-9-8-16-35(39)42(36)33-14-6-4-12-30(33)31-13-5-7-15-34(31)42/h2-25H,1H3. The van der Waals surface area contributed by atoms with Crippen molar-refractivity contribution in [2.24, 2.45) is 0 Å². The summed E-state index contributed by atoms with van der Waals surface area (Å²) in [5, 5.41) is 5.19. The molecule has 0 radical (unpaired) electrons. The Morgan fingerprint density at radius 1 is 0.500 bits per heavy atom. The van der Waals surface area contributed by atoms with Crippen LogP contribution in [0.5, 0.6) is 0 Å². The van der Waals surface area contributed by atoms with Crippen LogP contribution in [0, 0.1) is 6.92 Å². The minimum absolute atomic E-state index is 0.387. The second kappa shape index (κ2) is 8.75. The first-order valence-electron chi connectivity index (χ1n) is 15.3. The fraction of sp³-hybridized carbons (Fsp3) is 0.0476. The van der Waals surface area contributed by atoms with E-state index in [2.05, 4.69) is 157 Å². The zero-order valence-corrected chi connectivity index (χ0v) is 25.0. The minimum atomic E-state index is -0.387. The summed E-state index contributed by atoms with van der Waals surface area (Å²) >= 11 is 1.91. The lowest BCUT2D eigenvalue weighted by atomic mass is 9.67. The predicted octanol–water partition coefficient (Wildman–Crippen LogP) is 11.1. The maximum Gasteiger partial charge on any atom is 0.0735 e. The van der Waals surface area contributed by atoms with Crippen molar-refractivity contribution < 1.29 is 0 Å². The molecule has 0 N–H and O–H groups in total. The van der Waals surface area contributed by atoms with E-state index in [0.717, 1.165) is 0 Å². The van der Waals surface area contributed by atoms with Gasteiger partial charge >= 0.3 is 0 Å². The highest BCUT2D eigenvalue weighted by molar-refractivity contribution is 7.99. The number of benzene rings is 7. The first-order valence-corrected chi connectivity index (χ1v) is 16.1. The number of nitrogens with zero attached hydrogens (tertiary/aromatic N) is 1. The monoisotopic (exact) mass is 577 g/mol. The number of aromatic nitrogens is 1. The van der Waals surface area contributed by atoms with Gasteiger partial charge < -0.3 is 4.57 Å². The van der Waals surface area contributed by atoms with Crippen LogP contribution in [0.1, 0.15) is 27.8 Å². The number of rotatable bonds is 1. The average molecular weight is 578 g/mol. The third kappa shape index (κ3) is 3.01. The van der Waals surface area contributed by atoms with E-state index in [1.807, 2.05) is 11.8 Å². The van der Waals surface area contributed by atoms with E-state index in [0.29, 0.717) is 0 Å². The molecule has 0 saturated carbocycles. The van der Waals surface area contributed by atoms with Crippen LogP contribution in [0.15, 0.2) is 155 Å². The molecule has 2 heteroatoms. The lowest BCUT2D eigenvalue weighted by Crippen LogP contribution is -2.31. The largest absolute Gasteiger partial charge is 0.309 e. The summed E-state index contributed by atoms with van der Waals surface area (Å²) in [7, 11) is 0. The third-order valence-corrected chi connectivity index (χ3v) is 11.0. The molecule has 1 aliphatic heterocycles. The van der Waals surface area contributed by atoms with E-state index in [9.17, 15) is 0 Å². The van der Waals surface area contributed by atoms with E-state index in [-0.39, 0.29) is 5.41 Å². The molecule has 2 aliphatic rings. The van der Waals surface area contributed by atoms with Crippen molar-refractivity contribution in [1.82, 2.24) is 4.57 Å². The summed E-state index contributed by atoms with van der Waals surface area (Å²) in [5.41, 5.74) is 12.7. The van der Waals surface area contributed by atoms with Gasteiger partial charge in [-0.1, -0.05) is 127 Å². The Morgan fingerprint density at radius 3 is 1.93 bits per heavy atom. The molecule has 1 nitrogen and oxygen atoms in total. The van der Waals surface area contributed by atoms with Crippen LogP contribution in [0.25, 0.3) is 49.4 Å². The lowest BCUT2D eigenvalue weighted by molar-refractivity contribution is 0.724. The smallest absolute Gasteiger partial charge is 0.0735 e. The Labute approximate surface area is 260 Å². The number of hydrogen-bond acceptors (Lipinski definition) is 1. The summed E-state index contributed by atoms with van der Waals surface area (Å²) < 4.78 is 2.47. The van der Waals surface area contributed by atoms with Crippen molar-refractivity contribution in [1.29, 1.82) is 0 Å². The van der Waals surface area contributed by atoms with E-state index >= 15 is 0 Å². The lowest BCUT2D eigenvalue weighted by Gasteiger charge is -2.39. The second-order valence-corrected chi connectivity index (χ2v) is 13.2. The van der Waals surface area contributed by atoms with Crippen LogP contribution < -0.4 is 0 Å². The fourth-order valence-electron chi connectivity index (χ4n) is 8.11. The highest BCUT2D eigenvalue weighted by Gasteiger charge is 2.50. The minimum Gasteiger partial charge on any atom is -0.309 e. The molecule has 1 spiro atoms. The maximum absolute atomic E-state index is 2.55. The van der Waals surface area contributed by atoms with Gasteiger partial charge in [0, 0.05) is 26.3 Å². The highest BCUT2D eigenvalue weighted by Crippen LogP contribution is 2.62. The topological polar surface area (TPSA) is 4.93 Å². The molecule has 0 unspecified atom stereocenters. The van der Waals surface area contributed by atoms with Crippen LogP contribution in [0.3, 0.4) is 0 Å². The van der Waals surface area contributed by atoms with Gasteiger partial charge in [-0.05, 0) is 87.5 Å². The summed E-state index contributed by atoms with van der Waals surface area (Å²) in [5.74, 6) is 0. The SMILES string of the molecule is Cc1ccc(-n2c3cc4c(cc3c3c5ccccc5ccc32)C2(c3ccccc3S4)c3ccccc3-c3ccccc32)cc1. The molecule has 8 aromatic rings. The van der Waals surface area contributed by atoms with E-state index < -0.39 is 0 Å². The summed E-state index contributed by atoms with van der Waals surface area (Å²) in [6.07, 6.45) is 0. The predicted molar refractivity (Wildman–Crippen MR) is 184 cm³/mol. The van der Waals surface area contributed by atoms with Gasteiger partial charge in [0.1, 0.15) is 0 Å². The van der Waals surface area contributed by atoms with Crippen molar-refractivity contribution >= 4 is 44.3 Å². The van der Waals surface area contributed by atoms with Crippen molar-refractivity contribution in [2.75, 3.05) is 0 Å². The summed E-state index contributed by atoms with van der Waals surface area (Å²) in [4.78, 5) is 2.65. The zero-order chi connectivity index (χ0) is 29.0. The molecule has 1 aliphatic carbocycles. The molecule has 0 amide bonds. The van der Waals surface area contributed by atoms with Crippen LogP contribution in [-0.2, 0) is 5.41 Å². The van der Waals surface area contributed by atoms with Crippen molar-refractivity contribution in [3.63, 3.8) is 0 Å². The maximum atomic E-state index is 2.55. The zero-order valence-electron chi connectivity index (χ0n) is 24.2. The number of aryl methyl sites for hydroxylation is 1. The molecule has 0 saturated heterocycles. The molecular weight excluding hydrogens is 551 g/mol. The Hall–Kier alpha value is -5.05. The quantitative estimate of drug-likeness (QED) is 0.188. The van der Waals surface area contributed by atoms with Gasteiger partial charge in [0.25, 0.3) is 0 Å². The average Bonchev–Trinajstić information content (AvgIpc) is 3.55. The highest BCUT2D eigenvalue weighted by atomic mass is 32.2. The van der Waals surface area contributed by atoms with Crippen molar-refractivity contribution in [3.8, 4) is 16.8 Å². The molecule has 10 rings (SSSR count). The molecule has 0 fully saturated rings.